The molecule has 0 aliphatic heterocycles. The van der Waals surface area contributed by atoms with E-state index < -0.39 is 0 Å². The highest BCUT2D eigenvalue weighted by Gasteiger charge is 2.13. The Morgan fingerprint density at radius 3 is 2.14 bits per heavy atom. The molecule has 2 amide bonds. The second-order valence-electron chi connectivity index (χ2n) is 6.42. The molecule has 0 spiro atoms. The highest BCUT2D eigenvalue weighted by molar-refractivity contribution is 6.08. The van der Waals surface area contributed by atoms with Gasteiger partial charge in [-0.15, -0.1) is 0 Å². The summed E-state index contributed by atoms with van der Waals surface area (Å²) in [5.41, 5.74) is 2.85. The van der Waals surface area contributed by atoms with E-state index in [1.54, 1.807) is 18.2 Å². The zero-order valence-electron chi connectivity index (χ0n) is 15.7. The average Bonchev–Trinajstić information content (AvgIpc) is 2.74. The maximum atomic E-state index is 12.6. The predicted molar refractivity (Wildman–Crippen MR) is 112 cm³/mol. The number of benzene rings is 3. The molecular weight excluding hydrogens is 350 g/mol. The van der Waals surface area contributed by atoms with E-state index >= 15 is 0 Å². The highest BCUT2D eigenvalue weighted by atomic mass is 16.2. The summed E-state index contributed by atoms with van der Waals surface area (Å²) in [4.78, 5) is 24.9. The SMILES string of the molecule is C[C@H](NC(=O)CNc1ccccc1C(=O)Nc1ccccc1)c1ccccc1. The summed E-state index contributed by atoms with van der Waals surface area (Å²) in [7, 11) is 0. The normalized spacial score (nSPS) is 11.3. The van der Waals surface area contributed by atoms with Crippen molar-refractivity contribution in [2.24, 2.45) is 0 Å². The number of anilines is 2. The second kappa shape index (κ2) is 9.37. The Kier molecular flexibility index (Phi) is 6.41. The first kappa shape index (κ1) is 19.2. The fraction of sp³-hybridized carbons (Fsp3) is 0.130. The summed E-state index contributed by atoms with van der Waals surface area (Å²) in [5, 5.41) is 8.88. The van der Waals surface area contributed by atoms with Gasteiger partial charge in [0.2, 0.25) is 5.91 Å². The third-order valence-corrected chi connectivity index (χ3v) is 4.32. The number of hydrogen-bond acceptors (Lipinski definition) is 3. The number of nitrogens with one attached hydrogen (secondary N) is 3. The van der Waals surface area contributed by atoms with Gasteiger partial charge >= 0.3 is 0 Å². The van der Waals surface area contributed by atoms with E-state index in [1.807, 2.05) is 73.7 Å². The summed E-state index contributed by atoms with van der Waals surface area (Å²) in [6.07, 6.45) is 0. The Morgan fingerprint density at radius 2 is 1.43 bits per heavy atom. The summed E-state index contributed by atoms with van der Waals surface area (Å²) >= 11 is 0. The van der Waals surface area contributed by atoms with Gasteiger partial charge in [0.15, 0.2) is 0 Å². The molecule has 5 heteroatoms. The van der Waals surface area contributed by atoms with Gasteiger partial charge in [-0.2, -0.15) is 0 Å². The van der Waals surface area contributed by atoms with Gasteiger partial charge < -0.3 is 16.0 Å². The number of carbonyl (C=O) groups excluding carboxylic acids is 2. The minimum atomic E-state index is -0.229. The highest BCUT2D eigenvalue weighted by Crippen LogP contribution is 2.17. The van der Waals surface area contributed by atoms with E-state index in [0.717, 1.165) is 11.3 Å². The molecule has 0 aliphatic carbocycles. The Morgan fingerprint density at radius 1 is 0.821 bits per heavy atom. The molecule has 3 rings (SSSR count). The first-order valence-corrected chi connectivity index (χ1v) is 9.17. The summed E-state index contributed by atoms with van der Waals surface area (Å²) in [6, 6.07) is 26.1. The maximum Gasteiger partial charge on any atom is 0.257 e. The average molecular weight is 373 g/mol. The van der Waals surface area contributed by atoms with E-state index in [2.05, 4.69) is 16.0 Å². The smallest absolute Gasteiger partial charge is 0.257 e. The zero-order valence-corrected chi connectivity index (χ0v) is 15.7. The molecule has 3 aromatic rings. The van der Waals surface area contributed by atoms with Gasteiger partial charge in [-0.1, -0.05) is 60.7 Å². The summed E-state index contributed by atoms with van der Waals surface area (Å²) in [6.45, 7) is 2.02. The molecule has 0 heterocycles. The lowest BCUT2D eigenvalue weighted by Gasteiger charge is -2.16. The molecule has 0 saturated heterocycles. The fourth-order valence-corrected chi connectivity index (χ4v) is 2.85. The molecule has 0 aliphatic rings. The fourth-order valence-electron chi connectivity index (χ4n) is 2.85. The topological polar surface area (TPSA) is 70.2 Å². The molecule has 142 valence electrons. The van der Waals surface area contributed by atoms with E-state index in [9.17, 15) is 9.59 Å². The van der Waals surface area contributed by atoms with E-state index in [4.69, 9.17) is 0 Å². The van der Waals surface area contributed by atoms with E-state index in [-0.39, 0.29) is 24.4 Å². The molecule has 3 aromatic carbocycles. The minimum absolute atomic E-state index is 0.0762. The third-order valence-electron chi connectivity index (χ3n) is 4.32. The van der Waals surface area contributed by atoms with Gasteiger partial charge in [-0.3, -0.25) is 9.59 Å². The van der Waals surface area contributed by atoms with Crippen molar-refractivity contribution >= 4 is 23.2 Å². The summed E-state index contributed by atoms with van der Waals surface area (Å²) in [5.74, 6) is -0.373. The molecule has 0 fully saturated rings. The van der Waals surface area contributed by atoms with Crippen LogP contribution < -0.4 is 16.0 Å². The van der Waals surface area contributed by atoms with Gasteiger partial charge in [0, 0.05) is 11.4 Å². The summed E-state index contributed by atoms with van der Waals surface area (Å²) < 4.78 is 0. The molecule has 28 heavy (non-hydrogen) atoms. The Balaban J connectivity index is 1.60. The molecule has 0 aromatic heterocycles. The molecule has 0 radical (unpaired) electrons. The van der Waals surface area contributed by atoms with Crippen LogP contribution in [0.1, 0.15) is 28.9 Å². The Bertz CT molecular complexity index is 927. The van der Waals surface area contributed by atoms with Crippen molar-refractivity contribution in [2.75, 3.05) is 17.2 Å². The molecule has 3 N–H and O–H groups in total. The number of rotatable bonds is 7. The maximum absolute atomic E-state index is 12.6. The van der Waals surface area contributed by atoms with Crippen molar-refractivity contribution < 1.29 is 9.59 Å². The van der Waals surface area contributed by atoms with Crippen LogP contribution >= 0.6 is 0 Å². The minimum Gasteiger partial charge on any atom is -0.376 e. The van der Waals surface area contributed by atoms with Crippen LogP contribution in [-0.4, -0.2) is 18.4 Å². The number of hydrogen-bond donors (Lipinski definition) is 3. The van der Waals surface area contributed by atoms with Crippen molar-refractivity contribution in [1.29, 1.82) is 0 Å². The quantitative estimate of drug-likeness (QED) is 0.580. The van der Waals surface area contributed by atoms with Crippen molar-refractivity contribution in [3.05, 3.63) is 96.1 Å². The van der Waals surface area contributed by atoms with Crippen LogP contribution in [0.15, 0.2) is 84.9 Å². The van der Waals surface area contributed by atoms with Gasteiger partial charge in [-0.05, 0) is 36.8 Å². The first-order valence-electron chi connectivity index (χ1n) is 9.17. The standard InChI is InChI=1S/C23H23N3O2/c1-17(18-10-4-2-5-11-18)25-22(27)16-24-21-15-9-8-14-20(21)23(28)26-19-12-6-3-7-13-19/h2-15,17,24H,16H2,1H3,(H,25,27)(H,26,28)/t17-/m0/s1. The van der Waals surface area contributed by atoms with Crippen LogP contribution in [0.3, 0.4) is 0 Å². The molecule has 1 atom stereocenters. The molecular formula is C23H23N3O2. The van der Waals surface area contributed by atoms with E-state index in [0.29, 0.717) is 11.3 Å². The van der Waals surface area contributed by atoms with Crippen LogP contribution in [0.2, 0.25) is 0 Å². The predicted octanol–water partition coefficient (Wildman–Crippen LogP) is 4.23. The Hall–Kier alpha value is -3.60. The van der Waals surface area contributed by atoms with Crippen LogP contribution in [-0.2, 0) is 4.79 Å². The van der Waals surface area contributed by atoms with Crippen molar-refractivity contribution in [1.82, 2.24) is 5.32 Å². The zero-order chi connectivity index (χ0) is 19.8. The van der Waals surface area contributed by atoms with Crippen LogP contribution in [0.5, 0.6) is 0 Å². The van der Waals surface area contributed by atoms with Crippen LogP contribution in [0, 0.1) is 0 Å². The molecule has 0 unspecified atom stereocenters. The van der Waals surface area contributed by atoms with Gasteiger partial charge in [-0.25, -0.2) is 0 Å². The number of para-hydroxylation sites is 2. The first-order chi connectivity index (χ1) is 13.6. The number of carbonyl (C=O) groups is 2. The van der Waals surface area contributed by atoms with Gasteiger partial charge in [0.25, 0.3) is 5.91 Å². The third kappa shape index (κ3) is 5.20. The molecule has 5 nitrogen and oxygen atoms in total. The molecule has 0 bridgehead atoms. The lowest BCUT2D eigenvalue weighted by Crippen LogP contribution is -2.32. The number of amides is 2. The largest absolute Gasteiger partial charge is 0.376 e. The lowest BCUT2D eigenvalue weighted by molar-refractivity contribution is -0.120. The lowest BCUT2D eigenvalue weighted by atomic mass is 10.1. The van der Waals surface area contributed by atoms with Crippen LogP contribution in [0.25, 0.3) is 0 Å². The monoisotopic (exact) mass is 373 g/mol. The van der Waals surface area contributed by atoms with Crippen molar-refractivity contribution in [2.45, 2.75) is 13.0 Å². The van der Waals surface area contributed by atoms with Crippen LogP contribution in [0.4, 0.5) is 11.4 Å². The second-order valence-corrected chi connectivity index (χ2v) is 6.42. The van der Waals surface area contributed by atoms with Gasteiger partial charge in [0.05, 0.1) is 18.2 Å². The van der Waals surface area contributed by atoms with E-state index in [1.165, 1.54) is 0 Å². The van der Waals surface area contributed by atoms with Gasteiger partial charge in [0.1, 0.15) is 0 Å². The van der Waals surface area contributed by atoms with Crippen molar-refractivity contribution in [3.8, 4) is 0 Å². The molecule has 0 saturated carbocycles. The Labute approximate surface area is 164 Å². The van der Waals surface area contributed by atoms with Crippen molar-refractivity contribution in [3.63, 3.8) is 0 Å².